The molecule has 1 heterocycles. The summed E-state index contributed by atoms with van der Waals surface area (Å²) >= 11 is 0. The minimum atomic E-state index is -0.925. The molecule has 106 valence electrons. The fraction of sp³-hybridized carbons (Fsp3) is 0.333. The van der Waals surface area contributed by atoms with Gasteiger partial charge >= 0.3 is 11.9 Å². The third-order valence-electron chi connectivity index (χ3n) is 2.80. The lowest BCUT2D eigenvalue weighted by molar-refractivity contribution is -0.155. The van der Waals surface area contributed by atoms with Gasteiger partial charge in [-0.3, -0.25) is 4.79 Å². The van der Waals surface area contributed by atoms with Gasteiger partial charge in [-0.1, -0.05) is 30.3 Å². The van der Waals surface area contributed by atoms with Crippen LogP contribution in [0, 0.1) is 5.41 Å². The van der Waals surface area contributed by atoms with Crippen molar-refractivity contribution in [1.29, 1.82) is 0 Å². The Morgan fingerprint density at radius 2 is 1.85 bits per heavy atom. The normalized spacial score (nSPS) is 18.9. The number of aliphatic hydroxyl groups excluding tert-OH is 1. The summed E-state index contributed by atoms with van der Waals surface area (Å²) in [7, 11) is 0. The number of carbonyl (C=O) groups excluding carboxylic acids is 2. The first kappa shape index (κ1) is 14.1. The van der Waals surface area contributed by atoms with Gasteiger partial charge in [0.15, 0.2) is 11.9 Å². The predicted molar refractivity (Wildman–Crippen MR) is 70.5 cm³/mol. The van der Waals surface area contributed by atoms with Crippen LogP contribution >= 0.6 is 0 Å². The number of cyclic esters (lactones) is 1. The number of aliphatic hydroxyl groups is 1. The van der Waals surface area contributed by atoms with Gasteiger partial charge in [0.1, 0.15) is 0 Å². The molecule has 0 amide bonds. The van der Waals surface area contributed by atoms with E-state index in [4.69, 9.17) is 9.47 Å². The highest BCUT2D eigenvalue weighted by molar-refractivity contribution is 5.93. The van der Waals surface area contributed by atoms with Gasteiger partial charge in [0.05, 0.1) is 5.41 Å². The van der Waals surface area contributed by atoms with Crippen molar-refractivity contribution in [2.75, 3.05) is 0 Å². The molecule has 1 atom stereocenters. The van der Waals surface area contributed by atoms with Crippen LogP contribution in [-0.4, -0.2) is 17.0 Å². The summed E-state index contributed by atoms with van der Waals surface area (Å²) in [6.45, 7) is 4.96. The molecule has 1 aliphatic rings. The molecule has 0 spiro atoms. The molecule has 0 radical (unpaired) electrons. The second-order valence-electron chi connectivity index (χ2n) is 5.55. The number of esters is 2. The largest absolute Gasteiger partial charge is 0.505 e. The lowest BCUT2D eigenvalue weighted by atomic mass is 9.97. The van der Waals surface area contributed by atoms with Crippen LogP contribution in [0.25, 0.3) is 0 Å². The van der Waals surface area contributed by atoms with E-state index in [9.17, 15) is 14.7 Å². The highest BCUT2D eigenvalue weighted by Crippen LogP contribution is 2.34. The van der Waals surface area contributed by atoms with Crippen molar-refractivity contribution >= 4 is 11.9 Å². The summed E-state index contributed by atoms with van der Waals surface area (Å²) in [6.07, 6.45) is -0.925. The molecule has 20 heavy (non-hydrogen) atoms. The van der Waals surface area contributed by atoms with E-state index in [1.807, 2.05) is 6.07 Å². The number of ether oxygens (including phenoxy) is 2. The number of carbonyl (C=O) groups is 2. The summed E-state index contributed by atoms with van der Waals surface area (Å²) in [5.74, 6) is -2.25. The molecule has 0 fully saturated rings. The standard InChI is InChI=1S/C15H16O5/c1-15(2,3)14(18)20-12-10(16)11(19-13(12)17)9-7-5-4-6-8-9/h4-8,11,16H,1-3H3. The minimum Gasteiger partial charge on any atom is -0.505 e. The summed E-state index contributed by atoms with van der Waals surface area (Å²) < 4.78 is 10.0. The van der Waals surface area contributed by atoms with E-state index in [-0.39, 0.29) is 5.76 Å². The Morgan fingerprint density at radius 1 is 1.25 bits per heavy atom. The van der Waals surface area contributed by atoms with Gasteiger partial charge in [-0.05, 0) is 20.8 Å². The highest BCUT2D eigenvalue weighted by Gasteiger charge is 2.39. The van der Waals surface area contributed by atoms with Gasteiger partial charge in [-0.15, -0.1) is 0 Å². The fourth-order valence-electron chi connectivity index (χ4n) is 1.63. The van der Waals surface area contributed by atoms with Crippen molar-refractivity contribution in [3.8, 4) is 0 Å². The summed E-state index contributed by atoms with van der Waals surface area (Å²) in [6, 6.07) is 8.75. The van der Waals surface area contributed by atoms with Crippen LogP contribution in [0.5, 0.6) is 0 Å². The van der Waals surface area contributed by atoms with Crippen molar-refractivity contribution in [3.05, 3.63) is 47.4 Å². The van der Waals surface area contributed by atoms with Crippen LogP contribution in [0.3, 0.4) is 0 Å². The van der Waals surface area contributed by atoms with Crippen LogP contribution in [-0.2, 0) is 19.1 Å². The average molecular weight is 276 g/mol. The van der Waals surface area contributed by atoms with Crippen LogP contribution in [0.15, 0.2) is 41.9 Å². The Hall–Kier alpha value is -2.30. The number of rotatable bonds is 2. The first-order valence-corrected chi connectivity index (χ1v) is 6.22. The third-order valence-corrected chi connectivity index (χ3v) is 2.80. The quantitative estimate of drug-likeness (QED) is 0.841. The Morgan fingerprint density at radius 3 is 2.40 bits per heavy atom. The number of benzene rings is 1. The van der Waals surface area contributed by atoms with Crippen LogP contribution in [0.4, 0.5) is 0 Å². The average Bonchev–Trinajstić information content (AvgIpc) is 2.66. The predicted octanol–water partition coefficient (Wildman–Crippen LogP) is 2.64. The molecule has 1 unspecified atom stereocenters. The smallest absolute Gasteiger partial charge is 0.379 e. The van der Waals surface area contributed by atoms with Gasteiger partial charge in [0.25, 0.3) is 5.76 Å². The molecule has 1 N–H and O–H groups in total. The van der Waals surface area contributed by atoms with Gasteiger partial charge < -0.3 is 14.6 Å². The maximum absolute atomic E-state index is 11.8. The molecule has 0 aliphatic carbocycles. The summed E-state index contributed by atoms with van der Waals surface area (Å²) in [5, 5.41) is 10.0. The molecule has 5 heteroatoms. The van der Waals surface area contributed by atoms with Crippen molar-refractivity contribution < 1.29 is 24.2 Å². The van der Waals surface area contributed by atoms with Crippen LogP contribution in [0.1, 0.15) is 32.4 Å². The molecule has 0 aromatic heterocycles. The van der Waals surface area contributed by atoms with E-state index < -0.39 is 29.2 Å². The minimum absolute atomic E-state index is 0.376. The highest BCUT2D eigenvalue weighted by atomic mass is 16.6. The zero-order valence-corrected chi connectivity index (χ0v) is 11.5. The Labute approximate surface area is 116 Å². The molecule has 1 aromatic carbocycles. The molecule has 0 saturated carbocycles. The molecule has 1 aromatic rings. The molecule has 5 nitrogen and oxygen atoms in total. The molecule has 1 aliphatic heterocycles. The van der Waals surface area contributed by atoms with Gasteiger partial charge in [0, 0.05) is 5.56 Å². The fourth-order valence-corrected chi connectivity index (χ4v) is 1.63. The van der Waals surface area contributed by atoms with E-state index in [0.29, 0.717) is 5.56 Å². The molecular formula is C15H16O5. The van der Waals surface area contributed by atoms with Gasteiger partial charge in [-0.25, -0.2) is 4.79 Å². The second-order valence-corrected chi connectivity index (χ2v) is 5.55. The first-order valence-electron chi connectivity index (χ1n) is 6.22. The number of hydrogen-bond donors (Lipinski definition) is 1. The van der Waals surface area contributed by atoms with E-state index >= 15 is 0 Å². The SMILES string of the molecule is CC(C)(C)C(=O)OC1=C(O)C(c2ccccc2)OC1=O. The lowest BCUT2D eigenvalue weighted by Crippen LogP contribution is -2.24. The van der Waals surface area contributed by atoms with E-state index in [1.54, 1.807) is 45.0 Å². The number of hydrogen-bond acceptors (Lipinski definition) is 5. The van der Waals surface area contributed by atoms with Gasteiger partial charge in [0.2, 0.25) is 0 Å². The third kappa shape index (κ3) is 2.66. The molecule has 2 rings (SSSR count). The van der Waals surface area contributed by atoms with E-state index in [0.717, 1.165) is 0 Å². The second kappa shape index (κ2) is 5.00. The van der Waals surface area contributed by atoms with Crippen molar-refractivity contribution in [1.82, 2.24) is 0 Å². The first-order chi connectivity index (χ1) is 9.30. The maximum Gasteiger partial charge on any atom is 0.379 e. The van der Waals surface area contributed by atoms with Crippen LogP contribution < -0.4 is 0 Å². The molecular weight excluding hydrogens is 260 g/mol. The Bertz CT molecular complexity index is 566. The van der Waals surface area contributed by atoms with Crippen LogP contribution in [0.2, 0.25) is 0 Å². The Balaban J connectivity index is 2.26. The zero-order chi connectivity index (χ0) is 14.9. The topological polar surface area (TPSA) is 72.8 Å². The van der Waals surface area contributed by atoms with Gasteiger partial charge in [-0.2, -0.15) is 0 Å². The Kier molecular flexibility index (Phi) is 3.53. The summed E-state index contributed by atoms with van der Waals surface area (Å²) in [5.41, 5.74) is -0.168. The van der Waals surface area contributed by atoms with Crippen molar-refractivity contribution in [2.24, 2.45) is 5.41 Å². The van der Waals surface area contributed by atoms with Crippen molar-refractivity contribution in [3.63, 3.8) is 0 Å². The lowest BCUT2D eigenvalue weighted by Gasteiger charge is -2.15. The molecule has 0 saturated heterocycles. The van der Waals surface area contributed by atoms with E-state index in [2.05, 4.69) is 0 Å². The van der Waals surface area contributed by atoms with E-state index in [1.165, 1.54) is 0 Å². The maximum atomic E-state index is 11.8. The monoisotopic (exact) mass is 276 g/mol. The zero-order valence-electron chi connectivity index (χ0n) is 11.5. The van der Waals surface area contributed by atoms with Crippen molar-refractivity contribution in [2.45, 2.75) is 26.9 Å². The summed E-state index contributed by atoms with van der Waals surface area (Å²) in [4.78, 5) is 23.5. The molecule has 0 bridgehead atoms.